The van der Waals surface area contributed by atoms with E-state index in [0.717, 1.165) is 24.2 Å². The zero-order valence-corrected chi connectivity index (χ0v) is 19.8. The summed E-state index contributed by atoms with van der Waals surface area (Å²) < 4.78 is 31.4. The van der Waals surface area contributed by atoms with Gasteiger partial charge in [0, 0.05) is 19.2 Å². The highest BCUT2D eigenvalue weighted by atomic mass is 32.2. The van der Waals surface area contributed by atoms with Gasteiger partial charge in [0.15, 0.2) is 9.84 Å². The third-order valence-electron chi connectivity index (χ3n) is 5.89. The van der Waals surface area contributed by atoms with Crippen LogP contribution in [0.5, 0.6) is 5.75 Å². The molecule has 2 amide bonds. The number of carbonyl (C=O) groups is 1. The molecule has 0 saturated carbocycles. The van der Waals surface area contributed by atoms with Gasteiger partial charge in [-0.2, -0.15) is 5.06 Å². The van der Waals surface area contributed by atoms with E-state index in [4.69, 9.17) is 4.74 Å². The number of hydrogen-bond donors (Lipinski definition) is 3. The van der Waals surface area contributed by atoms with Crippen LogP contribution in [0.25, 0.3) is 0 Å². The van der Waals surface area contributed by atoms with Crippen LogP contribution in [0.2, 0.25) is 0 Å². The molecule has 34 heavy (non-hydrogen) atoms. The van der Waals surface area contributed by atoms with Gasteiger partial charge in [0.2, 0.25) is 0 Å². The molecule has 8 nitrogen and oxygen atoms in total. The van der Waals surface area contributed by atoms with E-state index in [1.807, 2.05) is 36.4 Å². The maximum absolute atomic E-state index is 13.1. The van der Waals surface area contributed by atoms with E-state index in [2.05, 4.69) is 10.6 Å². The third-order valence-corrected chi connectivity index (χ3v) is 7.57. The lowest BCUT2D eigenvalue weighted by Gasteiger charge is -2.23. The summed E-state index contributed by atoms with van der Waals surface area (Å²) in [4.78, 5) is 12.7. The van der Waals surface area contributed by atoms with Gasteiger partial charge in [0.1, 0.15) is 5.75 Å². The van der Waals surface area contributed by atoms with Crippen molar-refractivity contribution in [2.24, 2.45) is 0 Å². The van der Waals surface area contributed by atoms with Crippen LogP contribution in [0.4, 0.5) is 10.5 Å². The molecule has 0 aliphatic carbocycles. The second kappa shape index (κ2) is 9.84. The highest BCUT2D eigenvalue weighted by Gasteiger charge is 2.23. The number of nitrogens with one attached hydrogen (secondary N) is 2. The number of carbonyl (C=O) groups excluding carboxylic acids is 1. The minimum Gasteiger partial charge on any atom is -0.495 e. The average Bonchev–Trinajstić information content (AvgIpc) is 3.31. The van der Waals surface area contributed by atoms with E-state index in [0.29, 0.717) is 10.6 Å². The molecule has 3 aromatic carbocycles. The average molecular weight is 482 g/mol. The number of anilines is 1. The molecular formula is C25H27N3O5S. The van der Waals surface area contributed by atoms with Crippen molar-refractivity contribution >= 4 is 21.6 Å². The predicted octanol–water partition coefficient (Wildman–Crippen LogP) is 4.26. The van der Waals surface area contributed by atoms with E-state index >= 15 is 0 Å². The Bertz CT molecular complexity index is 1300. The van der Waals surface area contributed by atoms with Crippen molar-refractivity contribution in [1.29, 1.82) is 0 Å². The van der Waals surface area contributed by atoms with E-state index in [1.54, 1.807) is 19.1 Å². The highest BCUT2D eigenvalue weighted by Crippen LogP contribution is 2.30. The standard InChI is InChI=1S/C25H27N3O5S/c1-17(19-6-4-3-5-7-19)28(30)25(29)27-23-11-10-22(13-24(23)33-2)34(31,32)16-18-8-9-20-14-26-15-21(20)12-18/h3-13,17,26,30H,14-16H2,1-2H3,(H,27,29). The second-order valence-electron chi connectivity index (χ2n) is 8.19. The number of sulfone groups is 1. The molecule has 4 rings (SSSR count). The third kappa shape index (κ3) is 5.06. The van der Waals surface area contributed by atoms with Gasteiger partial charge in [-0.1, -0.05) is 48.5 Å². The molecule has 178 valence electrons. The van der Waals surface area contributed by atoms with E-state index in [1.165, 1.54) is 30.9 Å². The Kier molecular flexibility index (Phi) is 6.87. The number of methoxy groups -OCH3 is 1. The number of benzene rings is 3. The monoisotopic (exact) mass is 481 g/mol. The van der Waals surface area contributed by atoms with Crippen molar-refractivity contribution in [3.05, 3.63) is 89.0 Å². The molecule has 3 N–H and O–H groups in total. The minimum absolute atomic E-state index is 0.0829. The van der Waals surface area contributed by atoms with Crippen molar-refractivity contribution < 1.29 is 23.2 Å². The molecule has 1 unspecified atom stereocenters. The lowest BCUT2D eigenvalue weighted by molar-refractivity contribution is -0.0690. The van der Waals surface area contributed by atoms with Crippen LogP contribution < -0.4 is 15.4 Å². The maximum atomic E-state index is 13.1. The van der Waals surface area contributed by atoms with Crippen LogP contribution >= 0.6 is 0 Å². The van der Waals surface area contributed by atoms with Crippen molar-refractivity contribution in [1.82, 2.24) is 10.4 Å². The van der Waals surface area contributed by atoms with Crippen molar-refractivity contribution in [3.8, 4) is 5.75 Å². The quantitative estimate of drug-likeness (QED) is 0.344. The summed E-state index contributed by atoms with van der Waals surface area (Å²) in [6.45, 7) is 3.22. The fourth-order valence-corrected chi connectivity index (χ4v) is 5.28. The topological polar surface area (TPSA) is 108 Å². The first kappa shape index (κ1) is 23.7. The molecule has 0 fully saturated rings. The number of amides is 2. The van der Waals surface area contributed by atoms with Crippen LogP contribution in [0.1, 0.15) is 35.2 Å². The van der Waals surface area contributed by atoms with Gasteiger partial charge in [-0.25, -0.2) is 13.2 Å². The number of hydrogen-bond acceptors (Lipinski definition) is 6. The Labute approximate surface area is 199 Å². The number of ether oxygens (including phenoxy) is 1. The van der Waals surface area contributed by atoms with Gasteiger partial charge in [-0.05, 0) is 41.3 Å². The van der Waals surface area contributed by atoms with E-state index < -0.39 is 21.9 Å². The molecule has 0 spiro atoms. The van der Waals surface area contributed by atoms with Gasteiger partial charge >= 0.3 is 6.03 Å². The Morgan fingerprint density at radius 1 is 1.09 bits per heavy atom. The first-order chi connectivity index (χ1) is 16.3. The minimum atomic E-state index is -3.65. The summed E-state index contributed by atoms with van der Waals surface area (Å²) in [5.74, 6) is 0.0297. The molecular weight excluding hydrogens is 454 g/mol. The lowest BCUT2D eigenvalue weighted by Crippen LogP contribution is -2.34. The van der Waals surface area contributed by atoms with Crippen LogP contribution in [-0.2, 0) is 28.7 Å². The van der Waals surface area contributed by atoms with Gasteiger partial charge in [-0.15, -0.1) is 0 Å². The molecule has 0 aromatic heterocycles. The first-order valence-electron chi connectivity index (χ1n) is 10.8. The largest absolute Gasteiger partial charge is 0.495 e. The zero-order chi connectivity index (χ0) is 24.3. The molecule has 1 heterocycles. The Morgan fingerprint density at radius 3 is 2.56 bits per heavy atom. The van der Waals surface area contributed by atoms with Crippen molar-refractivity contribution in [2.75, 3.05) is 12.4 Å². The predicted molar refractivity (Wildman–Crippen MR) is 128 cm³/mol. The van der Waals surface area contributed by atoms with Gasteiger partial charge in [0.25, 0.3) is 0 Å². The fraction of sp³-hybridized carbons (Fsp3) is 0.240. The summed E-state index contributed by atoms with van der Waals surface area (Å²) in [6.07, 6.45) is 0. The second-order valence-corrected chi connectivity index (χ2v) is 10.2. The fourth-order valence-electron chi connectivity index (χ4n) is 3.93. The summed E-state index contributed by atoms with van der Waals surface area (Å²) in [5.41, 5.74) is 4.01. The van der Waals surface area contributed by atoms with E-state index in [-0.39, 0.29) is 22.1 Å². The Hall–Kier alpha value is -3.40. The molecule has 1 aliphatic rings. The molecule has 1 aliphatic heterocycles. The molecule has 0 saturated heterocycles. The van der Waals surface area contributed by atoms with Gasteiger partial charge in [0.05, 0.1) is 29.5 Å². The van der Waals surface area contributed by atoms with Crippen molar-refractivity contribution in [3.63, 3.8) is 0 Å². The Balaban J connectivity index is 1.50. The number of nitrogens with zero attached hydrogens (tertiary/aromatic N) is 1. The molecule has 1 atom stereocenters. The molecule has 3 aromatic rings. The molecule has 0 bridgehead atoms. The first-order valence-corrected chi connectivity index (χ1v) is 12.5. The summed E-state index contributed by atoms with van der Waals surface area (Å²) >= 11 is 0. The zero-order valence-electron chi connectivity index (χ0n) is 19.0. The summed E-state index contributed by atoms with van der Waals surface area (Å²) in [7, 11) is -2.26. The van der Waals surface area contributed by atoms with Crippen molar-refractivity contribution in [2.45, 2.75) is 36.7 Å². The Morgan fingerprint density at radius 2 is 1.82 bits per heavy atom. The number of fused-ring (bicyclic) bond motifs is 1. The van der Waals surface area contributed by atoms with Crippen LogP contribution in [-0.4, -0.2) is 31.8 Å². The summed E-state index contributed by atoms with van der Waals surface area (Å²) in [6, 6.07) is 17.7. The SMILES string of the molecule is COc1cc(S(=O)(=O)Cc2ccc3c(c2)CNC3)ccc1NC(=O)N(O)C(C)c1ccccc1. The normalized spacial score (nSPS) is 13.7. The lowest BCUT2D eigenvalue weighted by atomic mass is 10.1. The number of hydroxylamine groups is 2. The molecule has 9 heteroatoms. The smallest absolute Gasteiger partial charge is 0.346 e. The van der Waals surface area contributed by atoms with Gasteiger partial charge < -0.3 is 15.4 Å². The van der Waals surface area contributed by atoms with Crippen LogP contribution in [0.15, 0.2) is 71.6 Å². The van der Waals surface area contributed by atoms with E-state index in [9.17, 15) is 18.4 Å². The highest BCUT2D eigenvalue weighted by molar-refractivity contribution is 7.90. The maximum Gasteiger partial charge on any atom is 0.346 e. The molecule has 0 radical (unpaired) electrons. The van der Waals surface area contributed by atoms with Gasteiger partial charge in [-0.3, -0.25) is 5.21 Å². The van der Waals surface area contributed by atoms with Crippen LogP contribution in [0.3, 0.4) is 0 Å². The number of urea groups is 1. The van der Waals surface area contributed by atoms with Crippen LogP contribution in [0, 0.1) is 0 Å². The summed E-state index contributed by atoms with van der Waals surface area (Å²) in [5, 5.41) is 16.8. The number of rotatable bonds is 7.